The van der Waals surface area contributed by atoms with E-state index in [4.69, 9.17) is 11.0 Å². The second-order valence-corrected chi connectivity index (χ2v) is 4.99. The summed E-state index contributed by atoms with van der Waals surface area (Å²) in [6, 6.07) is 10.8. The topological polar surface area (TPSA) is 56.3 Å². The highest BCUT2D eigenvalue weighted by molar-refractivity contribution is 5.53. The minimum atomic E-state index is 0.320. The van der Waals surface area contributed by atoms with Gasteiger partial charge in [0.25, 0.3) is 0 Å². The summed E-state index contributed by atoms with van der Waals surface area (Å²) in [6.07, 6.45) is 0. The van der Waals surface area contributed by atoms with E-state index in [9.17, 15) is 0 Å². The number of rotatable bonds is 2. The van der Waals surface area contributed by atoms with E-state index in [0.717, 1.165) is 18.8 Å². The van der Waals surface area contributed by atoms with E-state index < -0.39 is 0 Å². The minimum Gasteiger partial charge on any atom is -0.364 e. The summed E-state index contributed by atoms with van der Waals surface area (Å²) in [4.78, 5) is 4.66. The van der Waals surface area contributed by atoms with Gasteiger partial charge < -0.3 is 10.6 Å². The van der Waals surface area contributed by atoms with Crippen molar-refractivity contribution in [1.82, 2.24) is 4.90 Å². The lowest BCUT2D eigenvalue weighted by Crippen LogP contribution is -2.58. The van der Waals surface area contributed by atoms with Gasteiger partial charge in [0.05, 0.1) is 17.7 Å². The van der Waals surface area contributed by atoms with Gasteiger partial charge in [-0.25, -0.2) is 0 Å². The van der Waals surface area contributed by atoms with E-state index in [0.29, 0.717) is 24.2 Å². The number of hydrogen-bond donors (Lipinski definition) is 1. The molecule has 1 aromatic carbocycles. The zero-order chi connectivity index (χ0) is 13.1. The van der Waals surface area contributed by atoms with Gasteiger partial charge in [0.2, 0.25) is 0 Å². The zero-order valence-electron chi connectivity index (χ0n) is 11.0. The fourth-order valence-electron chi connectivity index (χ4n) is 2.46. The fourth-order valence-corrected chi connectivity index (χ4v) is 2.46. The second-order valence-electron chi connectivity index (χ2n) is 4.99. The molecule has 1 heterocycles. The largest absolute Gasteiger partial charge is 0.364 e. The molecule has 0 amide bonds. The molecule has 1 aliphatic rings. The predicted molar refractivity (Wildman–Crippen MR) is 73.4 cm³/mol. The molecule has 4 heteroatoms. The van der Waals surface area contributed by atoms with Crippen molar-refractivity contribution in [3.63, 3.8) is 0 Å². The molecule has 0 spiro atoms. The number of benzene rings is 1. The van der Waals surface area contributed by atoms with Crippen LogP contribution in [0.25, 0.3) is 0 Å². The average molecular weight is 244 g/mol. The van der Waals surface area contributed by atoms with Crippen LogP contribution in [0.4, 0.5) is 5.69 Å². The van der Waals surface area contributed by atoms with Crippen LogP contribution in [0.3, 0.4) is 0 Å². The van der Waals surface area contributed by atoms with Gasteiger partial charge in [0.1, 0.15) is 0 Å². The molecule has 2 atom stereocenters. The molecule has 0 saturated carbocycles. The van der Waals surface area contributed by atoms with Crippen molar-refractivity contribution >= 4 is 5.69 Å². The molecule has 1 saturated heterocycles. The molecule has 96 valence electrons. The Labute approximate surface area is 109 Å². The van der Waals surface area contributed by atoms with Crippen molar-refractivity contribution < 1.29 is 0 Å². The molecule has 2 rings (SSSR count). The Morgan fingerprint density at radius 3 is 2.89 bits per heavy atom. The highest BCUT2D eigenvalue weighted by Crippen LogP contribution is 2.23. The molecule has 0 aliphatic carbocycles. The van der Waals surface area contributed by atoms with Crippen molar-refractivity contribution in [2.75, 3.05) is 31.6 Å². The average Bonchev–Trinajstić information content (AvgIpc) is 2.41. The van der Waals surface area contributed by atoms with Gasteiger partial charge >= 0.3 is 0 Å². The van der Waals surface area contributed by atoms with Gasteiger partial charge in [-0.3, -0.25) is 4.90 Å². The maximum absolute atomic E-state index is 8.98. The van der Waals surface area contributed by atoms with Crippen LogP contribution >= 0.6 is 0 Å². The Morgan fingerprint density at radius 2 is 2.22 bits per heavy atom. The highest BCUT2D eigenvalue weighted by Gasteiger charge is 2.28. The molecule has 0 aromatic heterocycles. The lowest BCUT2D eigenvalue weighted by Gasteiger charge is -2.44. The van der Waals surface area contributed by atoms with Crippen molar-refractivity contribution in [2.24, 2.45) is 5.73 Å². The maximum atomic E-state index is 8.98. The number of nitriles is 1. The molecule has 2 N–H and O–H groups in total. The maximum Gasteiger partial charge on any atom is 0.0992 e. The molecule has 18 heavy (non-hydrogen) atoms. The third kappa shape index (κ3) is 2.47. The number of nitrogens with two attached hydrogens (primary N) is 1. The standard InChI is InChI=1S/C14H20N4/c1-11-9-18(14(8-16)10-17(11)2)13-5-3-4-12(6-13)7-15/h3-6,11,14H,8-10,16H2,1-2H3. The normalized spacial score (nSPS) is 24.9. The lowest BCUT2D eigenvalue weighted by molar-refractivity contribution is 0.202. The van der Waals surface area contributed by atoms with Crippen LogP contribution in [0, 0.1) is 11.3 Å². The van der Waals surface area contributed by atoms with E-state index >= 15 is 0 Å². The summed E-state index contributed by atoms with van der Waals surface area (Å²) in [5.41, 5.74) is 7.68. The van der Waals surface area contributed by atoms with Crippen LogP contribution in [0.5, 0.6) is 0 Å². The summed E-state index contributed by atoms with van der Waals surface area (Å²) in [6.45, 7) is 4.77. The first-order valence-electron chi connectivity index (χ1n) is 6.32. The highest BCUT2D eigenvalue weighted by atomic mass is 15.3. The SMILES string of the molecule is CC1CN(c2cccc(C#N)c2)C(CN)CN1C. The van der Waals surface area contributed by atoms with Crippen LogP contribution in [0.1, 0.15) is 12.5 Å². The van der Waals surface area contributed by atoms with Crippen molar-refractivity contribution in [2.45, 2.75) is 19.0 Å². The monoisotopic (exact) mass is 244 g/mol. The third-order valence-corrected chi connectivity index (χ3v) is 3.73. The summed E-state index contributed by atoms with van der Waals surface area (Å²) in [7, 11) is 2.14. The minimum absolute atomic E-state index is 0.320. The quantitative estimate of drug-likeness (QED) is 0.844. The molecule has 4 nitrogen and oxygen atoms in total. The zero-order valence-corrected chi connectivity index (χ0v) is 11.0. The number of hydrogen-bond acceptors (Lipinski definition) is 4. The van der Waals surface area contributed by atoms with Gasteiger partial charge in [-0.2, -0.15) is 5.26 Å². The van der Waals surface area contributed by atoms with E-state index in [-0.39, 0.29) is 0 Å². The number of likely N-dealkylation sites (N-methyl/N-ethyl adjacent to an activating group) is 1. The first kappa shape index (κ1) is 12.9. The second kappa shape index (κ2) is 5.38. The van der Waals surface area contributed by atoms with Crippen molar-refractivity contribution in [1.29, 1.82) is 5.26 Å². The van der Waals surface area contributed by atoms with Gasteiger partial charge in [0.15, 0.2) is 0 Å². The Kier molecular flexibility index (Phi) is 3.85. The van der Waals surface area contributed by atoms with Gasteiger partial charge in [-0.1, -0.05) is 6.07 Å². The smallest absolute Gasteiger partial charge is 0.0992 e. The lowest BCUT2D eigenvalue weighted by atomic mass is 10.1. The molecule has 0 bridgehead atoms. The van der Waals surface area contributed by atoms with Gasteiger partial charge in [0, 0.05) is 31.4 Å². The summed E-state index contributed by atoms with van der Waals surface area (Å²) >= 11 is 0. The van der Waals surface area contributed by atoms with E-state index in [1.165, 1.54) is 0 Å². The van der Waals surface area contributed by atoms with E-state index in [2.05, 4.69) is 35.9 Å². The van der Waals surface area contributed by atoms with Crippen LogP contribution in [-0.2, 0) is 0 Å². The molecule has 2 unspecified atom stereocenters. The Bertz CT molecular complexity index is 451. The summed E-state index contributed by atoms with van der Waals surface area (Å²) < 4.78 is 0. The summed E-state index contributed by atoms with van der Waals surface area (Å²) in [5, 5.41) is 8.98. The van der Waals surface area contributed by atoms with Gasteiger partial charge in [-0.15, -0.1) is 0 Å². The van der Waals surface area contributed by atoms with E-state index in [1.54, 1.807) is 0 Å². The number of nitrogens with zero attached hydrogens (tertiary/aromatic N) is 3. The molecule has 0 radical (unpaired) electrons. The predicted octanol–water partition coefficient (Wildman–Crippen LogP) is 1.03. The third-order valence-electron chi connectivity index (χ3n) is 3.73. The van der Waals surface area contributed by atoms with Crippen molar-refractivity contribution in [3.05, 3.63) is 29.8 Å². The first-order valence-corrected chi connectivity index (χ1v) is 6.32. The van der Waals surface area contributed by atoms with Crippen LogP contribution in [0.2, 0.25) is 0 Å². The molecule has 1 fully saturated rings. The van der Waals surface area contributed by atoms with Crippen LogP contribution in [0.15, 0.2) is 24.3 Å². The molecule has 1 aliphatic heterocycles. The van der Waals surface area contributed by atoms with Crippen molar-refractivity contribution in [3.8, 4) is 6.07 Å². The van der Waals surface area contributed by atoms with Gasteiger partial charge in [-0.05, 0) is 32.2 Å². The number of anilines is 1. The molecular formula is C14H20N4. The first-order chi connectivity index (χ1) is 8.65. The molecular weight excluding hydrogens is 224 g/mol. The molecule has 1 aromatic rings. The van der Waals surface area contributed by atoms with Crippen LogP contribution in [-0.4, -0.2) is 43.7 Å². The fraction of sp³-hybridized carbons (Fsp3) is 0.500. The summed E-state index contributed by atoms with van der Waals surface area (Å²) in [5.74, 6) is 0. The Balaban J connectivity index is 2.27. The number of piperazine rings is 1. The Morgan fingerprint density at radius 1 is 1.44 bits per heavy atom. The van der Waals surface area contributed by atoms with Crippen LogP contribution < -0.4 is 10.6 Å². The van der Waals surface area contributed by atoms with E-state index in [1.807, 2.05) is 18.2 Å². The Hall–Kier alpha value is -1.57.